The molecule has 0 spiro atoms. The minimum atomic E-state index is 0.352. The van der Waals surface area contributed by atoms with Crippen molar-refractivity contribution in [1.82, 2.24) is 5.32 Å². The Morgan fingerprint density at radius 3 is 2.00 bits per heavy atom. The highest BCUT2D eigenvalue weighted by Crippen LogP contribution is 2.30. The standard InChI is InChI=1S/C14H21NO2.C9H10O4/c1-16-13-8-7-11(14(9-13)17-2)10-15-12-5-3-4-6-12;1-11-7-3-4-8(13-6-10)9(5-7)12-2/h7-9,12,15H,3-6,10H2,1-2H3;3-6H,1-2H3. The monoisotopic (exact) mass is 417 g/mol. The third-order valence-corrected chi connectivity index (χ3v) is 4.98. The van der Waals surface area contributed by atoms with Crippen molar-refractivity contribution in [2.24, 2.45) is 0 Å². The summed E-state index contributed by atoms with van der Waals surface area (Å²) in [6, 6.07) is 11.6. The van der Waals surface area contributed by atoms with Crippen LogP contribution in [0.15, 0.2) is 36.4 Å². The second kappa shape index (κ2) is 12.6. The van der Waals surface area contributed by atoms with Crippen LogP contribution >= 0.6 is 0 Å². The lowest BCUT2D eigenvalue weighted by Gasteiger charge is -2.14. The molecule has 0 unspecified atom stereocenters. The SMILES string of the molecule is COc1ccc(CNC2CCCC2)c(OC)c1.COc1ccc(OC=O)c(OC)c1. The Kier molecular flexibility index (Phi) is 9.80. The van der Waals surface area contributed by atoms with Crippen LogP contribution in [0.25, 0.3) is 0 Å². The lowest BCUT2D eigenvalue weighted by Crippen LogP contribution is -2.25. The summed E-state index contributed by atoms with van der Waals surface area (Å²) >= 11 is 0. The van der Waals surface area contributed by atoms with Crippen LogP contribution in [0.3, 0.4) is 0 Å². The zero-order chi connectivity index (χ0) is 21.8. The highest BCUT2D eigenvalue weighted by Gasteiger charge is 2.15. The van der Waals surface area contributed by atoms with Crippen LogP contribution in [0.5, 0.6) is 28.7 Å². The van der Waals surface area contributed by atoms with Crippen molar-refractivity contribution >= 4 is 6.47 Å². The molecule has 0 radical (unpaired) electrons. The predicted molar refractivity (Wildman–Crippen MR) is 115 cm³/mol. The Morgan fingerprint density at radius 1 is 0.833 bits per heavy atom. The molecule has 0 aliphatic heterocycles. The van der Waals surface area contributed by atoms with Crippen LogP contribution < -0.4 is 29.0 Å². The molecule has 0 bridgehead atoms. The van der Waals surface area contributed by atoms with Crippen LogP contribution in [-0.2, 0) is 11.3 Å². The van der Waals surface area contributed by atoms with Crippen molar-refractivity contribution in [3.63, 3.8) is 0 Å². The van der Waals surface area contributed by atoms with E-state index in [9.17, 15) is 4.79 Å². The molecule has 1 saturated carbocycles. The van der Waals surface area contributed by atoms with E-state index >= 15 is 0 Å². The van der Waals surface area contributed by atoms with E-state index in [1.54, 1.807) is 39.5 Å². The molecule has 7 nitrogen and oxygen atoms in total. The summed E-state index contributed by atoms with van der Waals surface area (Å²) in [7, 11) is 6.42. The number of benzene rings is 2. The molecule has 7 heteroatoms. The van der Waals surface area contributed by atoms with Crippen molar-refractivity contribution in [3.8, 4) is 28.7 Å². The van der Waals surface area contributed by atoms with E-state index in [1.165, 1.54) is 38.4 Å². The summed E-state index contributed by atoms with van der Waals surface area (Å²) in [4.78, 5) is 10.1. The van der Waals surface area contributed by atoms with Crippen LogP contribution in [-0.4, -0.2) is 41.0 Å². The van der Waals surface area contributed by atoms with Gasteiger partial charge in [0.05, 0.1) is 28.4 Å². The normalized spacial score (nSPS) is 13.1. The first-order valence-electron chi connectivity index (χ1n) is 9.91. The first kappa shape index (κ1) is 23.3. The Balaban J connectivity index is 0.000000222. The molecule has 1 aliphatic rings. The molecular weight excluding hydrogens is 386 g/mol. The number of ether oxygens (including phenoxy) is 5. The summed E-state index contributed by atoms with van der Waals surface area (Å²) in [5, 5.41) is 3.59. The maximum absolute atomic E-state index is 10.1. The van der Waals surface area contributed by atoms with Crippen LogP contribution in [0.4, 0.5) is 0 Å². The van der Waals surface area contributed by atoms with Gasteiger partial charge in [-0.25, -0.2) is 0 Å². The van der Waals surface area contributed by atoms with Gasteiger partial charge in [-0.1, -0.05) is 18.9 Å². The highest BCUT2D eigenvalue weighted by atomic mass is 16.5. The van der Waals surface area contributed by atoms with Gasteiger partial charge in [0.1, 0.15) is 17.2 Å². The molecule has 164 valence electrons. The fraction of sp³-hybridized carbons (Fsp3) is 0.435. The number of hydrogen-bond donors (Lipinski definition) is 1. The molecule has 0 amide bonds. The number of rotatable bonds is 9. The van der Waals surface area contributed by atoms with Gasteiger partial charge in [0.15, 0.2) is 11.5 Å². The Bertz CT molecular complexity index is 789. The molecular formula is C23H31NO6. The van der Waals surface area contributed by atoms with E-state index in [2.05, 4.69) is 16.1 Å². The molecule has 0 aromatic heterocycles. The third kappa shape index (κ3) is 6.84. The van der Waals surface area contributed by atoms with Crippen molar-refractivity contribution < 1.29 is 28.5 Å². The molecule has 30 heavy (non-hydrogen) atoms. The van der Waals surface area contributed by atoms with Gasteiger partial charge in [-0.05, 0) is 31.0 Å². The molecule has 0 saturated heterocycles. The lowest BCUT2D eigenvalue weighted by molar-refractivity contribution is -0.120. The number of carbonyl (C=O) groups excluding carboxylic acids is 1. The number of carbonyl (C=O) groups is 1. The van der Waals surface area contributed by atoms with Gasteiger partial charge in [0, 0.05) is 30.3 Å². The number of nitrogens with one attached hydrogen (secondary N) is 1. The van der Waals surface area contributed by atoms with Crippen LogP contribution in [0, 0.1) is 0 Å². The van der Waals surface area contributed by atoms with Gasteiger partial charge in [0.25, 0.3) is 6.47 Å². The van der Waals surface area contributed by atoms with E-state index in [-0.39, 0.29) is 0 Å². The van der Waals surface area contributed by atoms with Gasteiger partial charge in [-0.2, -0.15) is 0 Å². The Morgan fingerprint density at radius 2 is 1.43 bits per heavy atom. The fourth-order valence-corrected chi connectivity index (χ4v) is 3.31. The average Bonchev–Trinajstić information content (AvgIpc) is 3.32. The Hall–Kier alpha value is -2.93. The molecule has 1 fully saturated rings. The van der Waals surface area contributed by atoms with Gasteiger partial charge in [-0.3, -0.25) is 4.79 Å². The maximum atomic E-state index is 10.1. The van der Waals surface area contributed by atoms with Crippen molar-refractivity contribution in [3.05, 3.63) is 42.0 Å². The number of hydrogen-bond acceptors (Lipinski definition) is 7. The average molecular weight is 418 g/mol. The van der Waals surface area contributed by atoms with Gasteiger partial charge >= 0.3 is 0 Å². The molecule has 0 atom stereocenters. The summed E-state index contributed by atoms with van der Waals surface area (Å²) in [5.41, 5.74) is 1.19. The maximum Gasteiger partial charge on any atom is 0.298 e. The summed E-state index contributed by atoms with van der Waals surface area (Å²) in [5.74, 6) is 3.22. The van der Waals surface area contributed by atoms with Crippen LogP contribution in [0.1, 0.15) is 31.2 Å². The topological polar surface area (TPSA) is 75.3 Å². The molecule has 1 aliphatic carbocycles. The second-order valence-corrected chi connectivity index (χ2v) is 6.77. The molecule has 0 heterocycles. The first-order chi connectivity index (χ1) is 14.6. The minimum Gasteiger partial charge on any atom is -0.497 e. The van der Waals surface area contributed by atoms with E-state index in [0.29, 0.717) is 29.8 Å². The summed E-state index contributed by atoms with van der Waals surface area (Å²) in [6.45, 7) is 1.22. The van der Waals surface area contributed by atoms with E-state index in [1.807, 2.05) is 12.1 Å². The van der Waals surface area contributed by atoms with E-state index in [0.717, 1.165) is 18.0 Å². The second-order valence-electron chi connectivity index (χ2n) is 6.77. The minimum absolute atomic E-state index is 0.352. The van der Waals surface area contributed by atoms with Crippen molar-refractivity contribution in [2.45, 2.75) is 38.3 Å². The third-order valence-electron chi connectivity index (χ3n) is 4.98. The van der Waals surface area contributed by atoms with E-state index in [4.69, 9.17) is 18.9 Å². The van der Waals surface area contributed by atoms with Gasteiger partial charge in [-0.15, -0.1) is 0 Å². The fourth-order valence-electron chi connectivity index (χ4n) is 3.31. The highest BCUT2D eigenvalue weighted by molar-refractivity contribution is 5.53. The smallest absolute Gasteiger partial charge is 0.298 e. The van der Waals surface area contributed by atoms with Gasteiger partial charge < -0.3 is 29.0 Å². The molecule has 1 N–H and O–H groups in total. The quantitative estimate of drug-likeness (QED) is 0.619. The van der Waals surface area contributed by atoms with Crippen molar-refractivity contribution in [1.29, 1.82) is 0 Å². The molecule has 2 aromatic carbocycles. The summed E-state index contributed by atoms with van der Waals surface area (Å²) < 4.78 is 25.2. The molecule has 2 aromatic rings. The van der Waals surface area contributed by atoms with Crippen LogP contribution in [0.2, 0.25) is 0 Å². The Labute approximate surface area is 178 Å². The van der Waals surface area contributed by atoms with Gasteiger partial charge in [0.2, 0.25) is 0 Å². The van der Waals surface area contributed by atoms with E-state index < -0.39 is 0 Å². The summed E-state index contributed by atoms with van der Waals surface area (Å²) in [6.07, 6.45) is 5.33. The zero-order valence-corrected chi connectivity index (χ0v) is 18.1. The molecule has 3 rings (SSSR count). The lowest BCUT2D eigenvalue weighted by atomic mass is 10.1. The first-order valence-corrected chi connectivity index (χ1v) is 9.91. The largest absolute Gasteiger partial charge is 0.497 e. The van der Waals surface area contributed by atoms with Crippen molar-refractivity contribution in [2.75, 3.05) is 28.4 Å². The zero-order valence-electron chi connectivity index (χ0n) is 18.1. The predicted octanol–water partition coefficient (Wildman–Crippen LogP) is 3.98. The number of methoxy groups -OCH3 is 4.